The molecule has 2 rings (SSSR count). The Hall–Kier alpha value is -1.24. The lowest BCUT2D eigenvalue weighted by Crippen LogP contribution is -2.36. The van der Waals surface area contributed by atoms with Crippen molar-refractivity contribution in [3.8, 4) is 11.8 Å². The largest absolute Gasteiger partial charge is 0.468 e. The van der Waals surface area contributed by atoms with Crippen molar-refractivity contribution in [2.45, 2.75) is 25.8 Å². The van der Waals surface area contributed by atoms with E-state index in [-0.39, 0.29) is 0 Å². The van der Waals surface area contributed by atoms with Crippen molar-refractivity contribution >= 4 is 0 Å². The Morgan fingerprint density at radius 2 is 2.39 bits per heavy atom. The smallest absolute Gasteiger partial charge is 0.120 e. The summed E-state index contributed by atoms with van der Waals surface area (Å²) in [5.41, 5.74) is 0. The third-order valence-electron chi connectivity index (χ3n) is 3.47. The van der Waals surface area contributed by atoms with Gasteiger partial charge in [-0.05, 0) is 30.9 Å². The van der Waals surface area contributed by atoms with Crippen LogP contribution in [0.4, 0.5) is 0 Å². The summed E-state index contributed by atoms with van der Waals surface area (Å²) in [6.07, 6.45) is 4.14. The summed E-state index contributed by atoms with van der Waals surface area (Å²) in [6, 6.07) is 4.40. The molecule has 1 aromatic rings. The third-order valence-corrected chi connectivity index (χ3v) is 3.47. The van der Waals surface area contributed by atoms with E-state index in [1.165, 1.54) is 6.42 Å². The van der Waals surface area contributed by atoms with Crippen molar-refractivity contribution in [1.82, 2.24) is 4.90 Å². The van der Waals surface area contributed by atoms with Crippen LogP contribution in [0.5, 0.6) is 0 Å². The van der Waals surface area contributed by atoms with Crippen LogP contribution in [0.1, 0.15) is 31.6 Å². The van der Waals surface area contributed by atoms with E-state index < -0.39 is 0 Å². The standard InChI is InChI=1S/C15H21NO2/c1-13-7-9-16(8-3-4-10-17-2)14(12-13)15-6-5-11-18-15/h5-6,11,13-14H,7-10,12H2,1-2H3/t13-,14+/m1/s1. The molecule has 0 spiro atoms. The first-order valence-electron chi connectivity index (χ1n) is 6.53. The van der Waals surface area contributed by atoms with Crippen molar-refractivity contribution < 1.29 is 9.15 Å². The molecule has 1 fully saturated rings. The van der Waals surface area contributed by atoms with Gasteiger partial charge in [-0.2, -0.15) is 0 Å². The molecule has 2 atom stereocenters. The molecule has 0 bridgehead atoms. The first kappa shape index (κ1) is 13.2. The molecule has 3 heteroatoms. The highest BCUT2D eigenvalue weighted by atomic mass is 16.5. The lowest BCUT2D eigenvalue weighted by atomic mass is 9.91. The highest BCUT2D eigenvalue weighted by Gasteiger charge is 2.28. The lowest BCUT2D eigenvalue weighted by Gasteiger charge is -2.36. The van der Waals surface area contributed by atoms with Crippen LogP contribution in [-0.2, 0) is 4.74 Å². The number of likely N-dealkylation sites (tertiary alicyclic amines) is 1. The summed E-state index contributed by atoms with van der Waals surface area (Å²) in [4.78, 5) is 2.40. The lowest BCUT2D eigenvalue weighted by molar-refractivity contribution is 0.117. The van der Waals surface area contributed by atoms with Gasteiger partial charge in [0.1, 0.15) is 12.4 Å². The maximum absolute atomic E-state index is 5.56. The fourth-order valence-corrected chi connectivity index (χ4v) is 2.44. The number of nitrogens with zero attached hydrogens (tertiary/aromatic N) is 1. The van der Waals surface area contributed by atoms with Crippen LogP contribution >= 0.6 is 0 Å². The van der Waals surface area contributed by atoms with Crippen molar-refractivity contribution in [1.29, 1.82) is 0 Å². The zero-order valence-electron chi connectivity index (χ0n) is 11.2. The molecule has 0 aromatic carbocycles. The van der Waals surface area contributed by atoms with Gasteiger partial charge in [0.15, 0.2) is 0 Å². The number of rotatable bonds is 3. The van der Waals surface area contributed by atoms with Crippen molar-refractivity contribution in [3.63, 3.8) is 0 Å². The third kappa shape index (κ3) is 3.38. The van der Waals surface area contributed by atoms with Gasteiger partial charge in [0.25, 0.3) is 0 Å². The Kier molecular flexibility index (Phi) is 4.86. The number of piperidine rings is 1. The second-order valence-corrected chi connectivity index (χ2v) is 4.92. The van der Waals surface area contributed by atoms with E-state index in [9.17, 15) is 0 Å². The van der Waals surface area contributed by atoms with Crippen LogP contribution in [-0.4, -0.2) is 31.7 Å². The molecule has 1 aliphatic rings. The molecule has 0 radical (unpaired) electrons. The van der Waals surface area contributed by atoms with Crippen LogP contribution < -0.4 is 0 Å². The Labute approximate surface area is 109 Å². The highest BCUT2D eigenvalue weighted by Crippen LogP contribution is 2.33. The molecule has 0 amide bonds. The van der Waals surface area contributed by atoms with Crippen molar-refractivity contribution in [3.05, 3.63) is 24.2 Å². The van der Waals surface area contributed by atoms with Crippen LogP contribution in [0.25, 0.3) is 0 Å². The quantitative estimate of drug-likeness (QED) is 0.768. The van der Waals surface area contributed by atoms with Gasteiger partial charge in [-0.15, -0.1) is 0 Å². The molecular weight excluding hydrogens is 226 g/mol. The SMILES string of the molecule is COCC#CCN1CC[C@@H](C)C[C@H]1c1ccco1. The van der Waals surface area contributed by atoms with Crippen LogP contribution in [0.2, 0.25) is 0 Å². The molecule has 1 aliphatic heterocycles. The first-order valence-corrected chi connectivity index (χ1v) is 6.53. The van der Waals surface area contributed by atoms with Gasteiger partial charge in [0.05, 0.1) is 18.8 Å². The van der Waals surface area contributed by atoms with Gasteiger partial charge >= 0.3 is 0 Å². The van der Waals surface area contributed by atoms with Gasteiger partial charge < -0.3 is 9.15 Å². The van der Waals surface area contributed by atoms with E-state index in [0.717, 1.165) is 31.2 Å². The van der Waals surface area contributed by atoms with Gasteiger partial charge in [-0.3, -0.25) is 4.90 Å². The van der Waals surface area contributed by atoms with E-state index in [4.69, 9.17) is 9.15 Å². The van der Waals surface area contributed by atoms with Crippen LogP contribution in [0.3, 0.4) is 0 Å². The summed E-state index contributed by atoms with van der Waals surface area (Å²) in [6.45, 7) is 4.70. The topological polar surface area (TPSA) is 25.6 Å². The molecule has 98 valence electrons. The average molecular weight is 247 g/mol. The molecule has 0 N–H and O–H groups in total. The van der Waals surface area contributed by atoms with E-state index in [1.807, 2.05) is 6.07 Å². The summed E-state index contributed by atoms with van der Waals surface area (Å²) in [5, 5.41) is 0. The minimum absolute atomic E-state index is 0.376. The minimum atomic E-state index is 0.376. The summed E-state index contributed by atoms with van der Waals surface area (Å²) < 4.78 is 10.5. The van der Waals surface area contributed by atoms with E-state index in [0.29, 0.717) is 12.6 Å². The fraction of sp³-hybridized carbons (Fsp3) is 0.600. The van der Waals surface area contributed by atoms with E-state index >= 15 is 0 Å². The summed E-state index contributed by atoms with van der Waals surface area (Å²) >= 11 is 0. The van der Waals surface area contributed by atoms with E-state index in [2.05, 4.69) is 29.7 Å². The first-order chi connectivity index (χ1) is 8.81. The number of furan rings is 1. The Balaban J connectivity index is 2.00. The van der Waals surface area contributed by atoms with Crippen molar-refractivity contribution in [2.24, 2.45) is 5.92 Å². The second kappa shape index (κ2) is 6.63. The molecule has 2 heterocycles. The zero-order chi connectivity index (χ0) is 12.8. The highest BCUT2D eigenvalue weighted by molar-refractivity contribution is 5.09. The Morgan fingerprint density at radius 1 is 1.50 bits per heavy atom. The van der Waals surface area contributed by atoms with Crippen molar-refractivity contribution in [2.75, 3.05) is 26.8 Å². The second-order valence-electron chi connectivity index (χ2n) is 4.92. The predicted octanol–water partition coefficient (Wildman–Crippen LogP) is 2.70. The zero-order valence-corrected chi connectivity index (χ0v) is 11.2. The normalized spacial score (nSPS) is 24.6. The molecule has 1 aromatic heterocycles. The van der Waals surface area contributed by atoms with Crippen LogP contribution in [0.15, 0.2) is 22.8 Å². The molecule has 0 aliphatic carbocycles. The summed E-state index contributed by atoms with van der Waals surface area (Å²) in [5.74, 6) is 8.00. The molecular formula is C15H21NO2. The Morgan fingerprint density at radius 3 is 3.11 bits per heavy atom. The molecule has 1 saturated heterocycles. The molecule has 18 heavy (non-hydrogen) atoms. The summed E-state index contributed by atoms with van der Waals surface area (Å²) in [7, 11) is 1.67. The molecule has 3 nitrogen and oxygen atoms in total. The maximum Gasteiger partial charge on any atom is 0.120 e. The van der Waals surface area contributed by atoms with Gasteiger partial charge in [-0.25, -0.2) is 0 Å². The van der Waals surface area contributed by atoms with Gasteiger partial charge in [-0.1, -0.05) is 18.8 Å². The van der Waals surface area contributed by atoms with Crippen LogP contribution in [0, 0.1) is 17.8 Å². The fourth-order valence-electron chi connectivity index (χ4n) is 2.44. The number of hydrogen-bond donors (Lipinski definition) is 0. The van der Waals surface area contributed by atoms with E-state index in [1.54, 1.807) is 13.4 Å². The maximum atomic E-state index is 5.56. The average Bonchev–Trinajstić information content (AvgIpc) is 2.90. The monoisotopic (exact) mass is 247 g/mol. The Bertz CT molecular complexity index is 402. The number of hydrogen-bond acceptors (Lipinski definition) is 3. The molecule has 0 saturated carbocycles. The minimum Gasteiger partial charge on any atom is -0.468 e. The predicted molar refractivity (Wildman–Crippen MR) is 71.1 cm³/mol. The number of ether oxygens (including phenoxy) is 1. The molecule has 0 unspecified atom stereocenters. The van der Waals surface area contributed by atoms with Gasteiger partial charge in [0, 0.05) is 13.7 Å². The number of methoxy groups -OCH3 is 1. The van der Waals surface area contributed by atoms with Gasteiger partial charge in [0.2, 0.25) is 0 Å².